The third-order valence-corrected chi connectivity index (χ3v) is 12.3. The molecule has 0 spiro atoms. The molecule has 4 heteroatoms. The van der Waals surface area contributed by atoms with Crippen LogP contribution in [0.5, 0.6) is 0 Å². The van der Waals surface area contributed by atoms with Gasteiger partial charge in [0.15, 0.2) is 5.78 Å². The normalized spacial score (nSPS) is 46.0. The van der Waals surface area contributed by atoms with Crippen molar-refractivity contribution in [3.63, 3.8) is 0 Å². The Hall–Kier alpha value is -1.47. The minimum Gasteiger partial charge on any atom is -0.311 e. The summed E-state index contributed by atoms with van der Waals surface area (Å²) in [4.78, 5) is 31.3. The minimum absolute atomic E-state index is 0.0164. The van der Waals surface area contributed by atoms with E-state index in [0.29, 0.717) is 12.2 Å². The fourth-order valence-electron chi connectivity index (χ4n) is 10.2. The first-order valence-electron chi connectivity index (χ1n) is 14.3. The maximum absolute atomic E-state index is 14.4. The largest absolute Gasteiger partial charge is 0.311 e. The molecule has 4 nitrogen and oxygen atoms in total. The van der Waals surface area contributed by atoms with E-state index >= 15 is 0 Å². The molecule has 1 N–H and O–H groups in total. The van der Waals surface area contributed by atoms with E-state index < -0.39 is 5.41 Å². The predicted octanol–water partition coefficient (Wildman–Crippen LogP) is 6.92. The molecule has 6 atom stereocenters. The maximum atomic E-state index is 14.4. The third kappa shape index (κ3) is 3.14. The van der Waals surface area contributed by atoms with Crippen LogP contribution in [0.15, 0.2) is 11.8 Å². The summed E-state index contributed by atoms with van der Waals surface area (Å²) in [5.41, 5.74) is -0.671. The molecule has 36 heavy (non-hydrogen) atoms. The number of carbonyl (C=O) groups is 2. The molecule has 5 rings (SSSR count). The van der Waals surface area contributed by atoms with Gasteiger partial charge in [0.05, 0.1) is 12.5 Å². The summed E-state index contributed by atoms with van der Waals surface area (Å²) >= 11 is 0. The highest BCUT2D eigenvalue weighted by molar-refractivity contribution is 6.03. The van der Waals surface area contributed by atoms with Crippen LogP contribution in [-0.2, 0) is 9.59 Å². The molecule has 0 saturated heterocycles. The molecule has 2 radical (unpaired) electrons. The molecular weight excluding hydrogens is 444 g/mol. The highest BCUT2D eigenvalue weighted by atomic mass is 16.1. The van der Waals surface area contributed by atoms with Gasteiger partial charge in [0.2, 0.25) is 5.70 Å². The van der Waals surface area contributed by atoms with Gasteiger partial charge in [-0.05, 0) is 85.0 Å². The van der Waals surface area contributed by atoms with Crippen molar-refractivity contribution < 1.29 is 9.59 Å². The second kappa shape index (κ2) is 7.78. The van der Waals surface area contributed by atoms with Crippen LogP contribution >= 0.6 is 0 Å². The Bertz CT molecular complexity index is 1060. The SMILES string of the molecule is [C-]#[N+]C1=C[C@]2(C)[C@H]3CC(=O)[C]4[C]5CC(C)(C)CC[C@]5(NCC)CC[C@@]4(C)[C@]3(C)CC[C@H]2C(C)(C)C1=O. The molecule has 0 aromatic heterocycles. The quantitative estimate of drug-likeness (QED) is 0.428. The fraction of sp³-hybridized carbons (Fsp3) is 0.781. The lowest BCUT2D eigenvalue weighted by Gasteiger charge is -2.71. The topological polar surface area (TPSA) is 50.5 Å². The lowest BCUT2D eigenvalue weighted by molar-refractivity contribution is -0.173. The summed E-state index contributed by atoms with van der Waals surface area (Å²) < 4.78 is 0. The van der Waals surface area contributed by atoms with Crippen molar-refractivity contribution in [1.82, 2.24) is 5.32 Å². The molecule has 4 saturated carbocycles. The number of ketones is 2. The molecule has 0 aromatic rings. The van der Waals surface area contributed by atoms with Gasteiger partial charge >= 0.3 is 0 Å². The molecule has 196 valence electrons. The molecule has 0 amide bonds. The van der Waals surface area contributed by atoms with Gasteiger partial charge in [-0.25, -0.2) is 4.85 Å². The number of hydrogen-bond donors (Lipinski definition) is 1. The molecule has 4 fully saturated rings. The number of rotatable bonds is 2. The Morgan fingerprint density at radius 3 is 2.28 bits per heavy atom. The lowest BCUT2D eigenvalue weighted by Crippen LogP contribution is -2.70. The van der Waals surface area contributed by atoms with Crippen LogP contribution in [0, 0.1) is 57.3 Å². The van der Waals surface area contributed by atoms with E-state index in [2.05, 4.69) is 51.7 Å². The van der Waals surface area contributed by atoms with Crippen LogP contribution in [0.25, 0.3) is 4.85 Å². The highest BCUT2D eigenvalue weighted by Crippen LogP contribution is 2.75. The third-order valence-electron chi connectivity index (χ3n) is 12.3. The zero-order chi connectivity index (χ0) is 26.5. The average Bonchev–Trinajstić information content (AvgIpc) is 2.79. The summed E-state index contributed by atoms with van der Waals surface area (Å²) in [6, 6.07) is 0. The second-order valence-corrected chi connectivity index (χ2v) is 14.9. The summed E-state index contributed by atoms with van der Waals surface area (Å²) in [6.07, 6.45) is 9.97. The van der Waals surface area contributed by atoms with Crippen LogP contribution in [-0.4, -0.2) is 23.7 Å². The lowest BCUT2D eigenvalue weighted by atomic mass is 9.32. The summed E-state index contributed by atoms with van der Waals surface area (Å²) in [5, 5.41) is 3.88. The fourth-order valence-corrected chi connectivity index (χ4v) is 10.2. The van der Waals surface area contributed by atoms with Crippen LogP contribution in [0.2, 0.25) is 0 Å². The first-order valence-corrected chi connectivity index (χ1v) is 14.3. The number of Topliss-reactive ketones (excluding diaryl/α,β-unsaturated/α-hetero) is 2. The molecule has 0 bridgehead atoms. The van der Waals surface area contributed by atoms with Gasteiger partial charge in [0.25, 0.3) is 0 Å². The minimum atomic E-state index is -0.576. The van der Waals surface area contributed by atoms with Gasteiger partial charge in [0.1, 0.15) is 5.78 Å². The number of fused-ring (bicyclic) bond motifs is 7. The molecule has 0 aromatic carbocycles. The molecule has 0 aliphatic heterocycles. The standard InChI is InChI=1S/C32H46N2O2/c1-10-34-32-15-13-27(2,3)18-20(32)25-22(35)17-24-29(6)19-21(33-9)26(36)28(4,5)23(29)11-12-30(24,7)31(25,8)14-16-32/h19,23-24,34H,10-18H2,1-8H3/t23-,24+,29-,30+,31+,32-/m0/s1. The van der Waals surface area contributed by atoms with Crippen LogP contribution in [0.4, 0.5) is 0 Å². The van der Waals surface area contributed by atoms with E-state index in [1.54, 1.807) is 0 Å². The van der Waals surface area contributed by atoms with Crippen molar-refractivity contribution in [3.8, 4) is 0 Å². The van der Waals surface area contributed by atoms with Crippen molar-refractivity contribution in [2.75, 3.05) is 6.54 Å². The van der Waals surface area contributed by atoms with Gasteiger partial charge < -0.3 is 10.1 Å². The van der Waals surface area contributed by atoms with E-state index in [4.69, 9.17) is 6.57 Å². The Kier molecular flexibility index (Phi) is 5.65. The molecule has 0 unspecified atom stereocenters. The van der Waals surface area contributed by atoms with Crippen molar-refractivity contribution >= 4 is 11.6 Å². The molecule has 5 aliphatic carbocycles. The van der Waals surface area contributed by atoms with Gasteiger partial charge in [-0.2, -0.15) is 0 Å². The number of allylic oxidation sites excluding steroid dienone is 2. The van der Waals surface area contributed by atoms with Crippen LogP contribution in [0.3, 0.4) is 0 Å². The molecule has 0 heterocycles. The van der Waals surface area contributed by atoms with Crippen molar-refractivity contribution in [2.45, 2.75) is 112 Å². The van der Waals surface area contributed by atoms with E-state index in [1.807, 2.05) is 19.9 Å². The molecule has 5 aliphatic rings. The molecular formula is C32H46N2O2. The summed E-state index contributed by atoms with van der Waals surface area (Å²) in [6.45, 7) is 26.8. The number of nitrogens with one attached hydrogen (secondary N) is 1. The van der Waals surface area contributed by atoms with Gasteiger partial charge in [-0.15, -0.1) is 0 Å². The second-order valence-electron chi connectivity index (χ2n) is 14.9. The van der Waals surface area contributed by atoms with Crippen LogP contribution in [0.1, 0.15) is 107 Å². The number of hydrogen-bond acceptors (Lipinski definition) is 3. The monoisotopic (exact) mass is 490 g/mol. The van der Waals surface area contributed by atoms with Gasteiger partial charge in [0, 0.05) is 23.3 Å². The Labute approximate surface area is 219 Å². The van der Waals surface area contributed by atoms with E-state index in [1.165, 1.54) is 12.3 Å². The Morgan fingerprint density at radius 1 is 0.972 bits per heavy atom. The highest BCUT2D eigenvalue weighted by Gasteiger charge is 2.72. The van der Waals surface area contributed by atoms with E-state index in [-0.39, 0.29) is 50.5 Å². The van der Waals surface area contributed by atoms with Crippen molar-refractivity contribution in [2.24, 2.45) is 38.9 Å². The van der Waals surface area contributed by atoms with Gasteiger partial charge in [-0.1, -0.05) is 61.5 Å². The average molecular weight is 491 g/mol. The van der Waals surface area contributed by atoms with E-state index in [9.17, 15) is 9.59 Å². The predicted molar refractivity (Wildman–Crippen MR) is 143 cm³/mol. The number of nitrogens with zero attached hydrogens (tertiary/aromatic N) is 1. The maximum Gasteiger partial charge on any atom is 0.226 e. The zero-order valence-corrected chi connectivity index (χ0v) is 23.9. The summed E-state index contributed by atoms with van der Waals surface area (Å²) in [7, 11) is 0. The van der Waals surface area contributed by atoms with Gasteiger partial charge in [-0.3, -0.25) is 4.79 Å². The number of carbonyl (C=O) groups excluding carboxylic acids is 2. The van der Waals surface area contributed by atoms with Crippen molar-refractivity contribution in [3.05, 3.63) is 35.0 Å². The Balaban J connectivity index is 1.63. The van der Waals surface area contributed by atoms with Crippen LogP contribution < -0.4 is 5.32 Å². The summed E-state index contributed by atoms with van der Waals surface area (Å²) in [5.74, 6) is 3.19. The first-order chi connectivity index (χ1) is 16.6. The van der Waals surface area contributed by atoms with Crippen molar-refractivity contribution in [1.29, 1.82) is 0 Å². The Morgan fingerprint density at radius 2 is 1.64 bits per heavy atom. The zero-order valence-electron chi connectivity index (χ0n) is 23.9. The first kappa shape index (κ1) is 26.1. The van der Waals surface area contributed by atoms with E-state index in [0.717, 1.165) is 51.0 Å². The smallest absolute Gasteiger partial charge is 0.226 e.